The average molecular weight is 520 g/mol. The Labute approximate surface area is 206 Å². The molecule has 0 aliphatic heterocycles. The van der Waals surface area contributed by atoms with Crippen molar-refractivity contribution < 1.29 is 13.9 Å². The summed E-state index contributed by atoms with van der Waals surface area (Å²) < 4.78 is 22.5. The van der Waals surface area contributed by atoms with Crippen molar-refractivity contribution in [3.8, 4) is 22.9 Å². The Hall–Kier alpha value is -3.63. The van der Waals surface area contributed by atoms with Gasteiger partial charge in [0.25, 0.3) is 0 Å². The van der Waals surface area contributed by atoms with Gasteiger partial charge in [0.05, 0.1) is 11.6 Å². The summed E-state index contributed by atoms with van der Waals surface area (Å²) in [5.74, 6) is 0.150. The Morgan fingerprint density at radius 3 is 2.50 bits per heavy atom. The molecule has 0 saturated heterocycles. The molecular formula is C27H23BrFN3O2. The van der Waals surface area contributed by atoms with Crippen LogP contribution in [0.5, 0.6) is 5.75 Å². The zero-order valence-electron chi connectivity index (χ0n) is 18.9. The van der Waals surface area contributed by atoms with E-state index >= 15 is 0 Å². The quantitative estimate of drug-likeness (QED) is 0.276. The lowest BCUT2D eigenvalue weighted by molar-refractivity contribution is 0.157. The van der Waals surface area contributed by atoms with E-state index in [1.807, 2.05) is 48.9 Å². The van der Waals surface area contributed by atoms with Gasteiger partial charge >= 0.3 is 6.09 Å². The Bertz CT molecular complexity index is 1390. The van der Waals surface area contributed by atoms with Crippen molar-refractivity contribution >= 4 is 32.9 Å². The van der Waals surface area contributed by atoms with Crippen LogP contribution in [0.4, 0.5) is 9.18 Å². The fourth-order valence-electron chi connectivity index (χ4n) is 3.97. The smallest absolute Gasteiger partial charge is 0.410 e. The van der Waals surface area contributed by atoms with Gasteiger partial charge < -0.3 is 14.2 Å². The minimum absolute atomic E-state index is 0.293. The minimum Gasteiger partial charge on any atom is -0.410 e. The van der Waals surface area contributed by atoms with E-state index in [-0.39, 0.29) is 5.82 Å². The van der Waals surface area contributed by atoms with Gasteiger partial charge in [0.2, 0.25) is 0 Å². The fraction of sp³-hybridized carbons (Fsp3) is 0.185. The van der Waals surface area contributed by atoms with Crippen molar-refractivity contribution in [2.45, 2.75) is 20.4 Å². The Morgan fingerprint density at radius 1 is 1.09 bits per heavy atom. The third kappa shape index (κ3) is 4.68. The molecule has 0 unspecified atom stereocenters. The predicted octanol–water partition coefficient (Wildman–Crippen LogP) is 6.97. The van der Waals surface area contributed by atoms with Gasteiger partial charge in [0.15, 0.2) is 0 Å². The lowest BCUT2D eigenvalue weighted by Crippen LogP contribution is -2.33. The monoisotopic (exact) mass is 519 g/mol. The van der Waals surface area contributed by atoms with Crippen LogP contribution in [0.2, 0.25) is 0 Å². The summed E-state index contributed by atoms with van der Waals surface area (Å²) in [6, 6.07) is 19.6. The number of ether oxygens (including phenoxy) is 1. The molecule has 0 saturated carbocycles. The molecule has 5 nitrogen and oxygen atoms in total. The molecule has 172 valence electrons. The molecule has 0 aliphatic carbocycles. The van der Waals surface area contributed by atoms with Crippen LogP contribution < -0.4 is 4.74 Å². The summed E-state index contributed by atoms with van der Waals surface area (Å²) in [5, 5.41) is 10.1. The number of halogens is 2. The third-order valence-corrected chi connectivity index (χ3v) is 6.56. The molecule has 7 heteroatoms. The van der Waals surface area contributed by atoms with Crippen LogP contribution in [-0.4, -0.2) is 28.6 Å². The Morgan fingerprint density at radius 2 is 1.82 bits per heavy atom. The van der Waals surface area contributed by atoms with Crippen molar-refractivity contribution in [3.63, 3.8) is 0 Å². The zero-order valence-corrected chi connectivity index (χ0v) is 20.5. The van der Waals surface area contributed by atoms with Gasteiger partial charge in [-0.25, -0.2) is 9.18 Å². The molecule has 0 bridgehead atoms. The SMILES string of the molecule is CCN(CC)C(=O)Oc1ccc2c(ccn2Cc2cc(F)ccc2Br)c1-c1ccc(C#N)cc1. The molecule has 0 N–H and O–H groups in total. The first-order valence-electron chi connectivity index (χ1n) is 11.0. The number of benzene rings is 3. The van der Waals surface area contributed by atoms with Gasteiger partial charge in [-0.05, 0) is 73.5 Å². The van der Waals surface area contributed by atoms with Gasteiger partial charge in [-0.15, -0.1) is 0 Å². The van der Waals surface area contributed by atoms with Gasteiger partial charge in [0.1, 0.15) is 11.6 Å². The van der Waals surface area contributed by atoms with E-state index in [0.29, 0.717) is 30.9 Å². The number of carbonyl (C=O) groups is 1. The summed E-state index contributed by atoms with van der Waals surface area (Å²) in [6.07, 6.45) is 1.52. The second-order valence-corrected chi connectivity index (χ2v) is 8.63. The van der Waals surface area contributed by atoms with E-state index in [2.05, 4.69) is 22.0 Å². The van der Waals surface area contributed by atoms with Crippen molar-refractivity contribution in [2.75, 3.05) is 13.1 Å². The number of nitriles is 1. The van der Waals surface area contributed by atoms with Gasteiger partial charge in [0, 0.05) is 46.8 Å². The molecule has 4 rings (SSSR count). The van der Waals surface area contributed by atoms with Crippen LogP contribution in [0.15, 0.2) is 71.3 Å². The van der Waals surface area contributed by atoms with E-state index in [1.165, 1.54) is 12.1 Å². The number of aromatic nitrogens is 1. The largest absolute Gasteiger partial charge is 0.415 e. The van der Waals surface area contributed by atoms with Crippen molar-refractivity contribution in [2.24, 2.45) is 0 Å². The zero-order chi connectivity index (χ0) is 24.2. The standard InChI is InChI=1S/C27H23BrFN3O2/c1-3-31(4-2)27(33)34-25-12-11-24-22(26(25)19-7-5-18(16-30)6-8-19)13-14-32(24)17-20-15-21(29)9-10-23(20)28/h5-15H,3-4,17H2,1-2H3. The molecule has 1 aromatic heterocycles. The Kier molecular flexibility index (Phi) is 6.99. The second-order valence-electron chi connectivity index (χ2n) is 7.78. The first kappa shape index (κ1) is 23.5. The van der Waals surface area contributed by atoms with Crippen molar-refractivity contribution in [1.82, 2.24) is 9.47 Å². The number of nitrogens with zero attached hydrogens (tertiary/aromatic N) is 3. The topological polar surface area (TPSA) is 58.3 Å². The molecule has 34 heavy (non-hydrogen) atoms. The highest BCUT2D eigenvalue weighted by Gasteiger charge is 2.19. The van der Waals surface area contributed by atoms with E-state index in [4.69, 9.17) is 4.74 Å². The van der Waals surface area contributed by atoms with Gasteiger partial charge in [-0.3, -0.25) is 0 Å². The summed E-state index contributed by atoms with van der Waals surface area (Å²) in [6.45, 7) is 5.36. The first-order chi connectivity index (χ1) is 16.4. The van der Waals surface area contributed by atoms with E-state index < -0.39 is 6.09 Å². The van der Waals surface area contributed by atoms with Crippen molar-refractivity contribution in [3.05, 3.63) is 88.3 Å². The highest BCUT2D eigenvalue weighted by molar-refractivity contribution is 9.10. The molecule has 1 heterocycles. The molecular weight excluding hydrogens is 497 g/mol. The molecule has 1 amide bonds. The van der Waals surface area contributed by atoms with Crippen LogP contribution in [0.25, 0.3) is 22.0 Å². The maximum atomic E-state index is 13.8. The number of rotatable bonds is 6. The summed E-state index contributed by atoms with van der Waals surface area (Å²) >= 11 is 3.50. The molecule has 3 aromatic carbocycles. The van der Waals surface area contributed by atoms with Crippen LogP contribution in [-0.2, 0) is 6.54 Å². The molecule has 0 radical (unpaired) electrons. The summed E-state index contributed by atoms with van der Waals surface area (Å²) in [4.78, 5) is 14.3. The number of hydrogen-bond donors (Lipinski definition) is 0. The van der Waals surface area contributed by atoms with E-state index in [0.717, 1.165) is 32.1 Å². The second kappa shape index (κ2) is 10.1. The third-order valence-electron chi connectivity index (χ3n) is 5.78. The lowest BCUT2D eigenvalue weighted by Gasteiger charge is -2.20. The van der Waals surface area contributed by atoms with Crippen molar-refractivity contribution in [1.29, 1.82) is 5.26 Å². The summed E-state index contributed by atoms with van der Waals surface area (Å²) in [5.41, 5.74) is 3.87. The normalized spacial score (nSPS) is 10.8. The van der Waals surface area contributed by atoms with Crippen LogP contribution >= 0.6 is 15.9 Å². The number of fused-ring (bicyclic) bond motifs is 1. The van der Waals surface area contributed by atoms with Crippen LogP contribution in [0.3, 0.4) is 0 Å². The number of amides is 1. The number of hydrogen-bond acceptors (Lipinski definition) is 3. The maximum absolute atomic E-state index is 13.8. The van der Waals surface area contributed by atoms with Gasteiger partial charge in [-0.1, -0.05) is 28.1 Å². The van der Waals surface area contributed by atoms with Crippen LogP contribution in [0.1, 0.15) is 25.0 Å². The summed E-state index contributed by atoms with van der Waals surface area (Å²) in [7, 11) is 0. The molecule has 4 aromatic rings. The Balaban J connectivity index is 1.83. The van der Waals surface area contributed by atoms with Crippen LogP contribution in [0, 0.1) is 17.1 Å². The minimum atomic E-state index is -0.414. The molecule has 0 fully saturated rings. The number of carbonyl (C=O) groups excluding carboxylic acids is 1. The van der Waals surface area contributed by atoms with Gasteiger partial charge in [-0.2, -0.15) is 5.26 Å². The average Bonchev–Trinajstić information content (AvgIpc) is 3.25. The van der Waals surface area contributed by atoms with E-state index in [9.17, 15) is 14.4 Å². The van der Waals surface area contributed by atoms with E-state index in [1.54, 1.807) is 29.2 Å². The molecule has 0 aliphatic rings. The molecule has 0 spiro atoms. The predicted molar refractivity (Wildman–Crippen MR) is 134 cm³/mol. The first-order valence-corrected chi connectivity index (χ1v) is 11.8. The lowest BCUT2D eigenvalue weighted by atomic mass is 9.99. The highest BCUT2D eigenvalue weighted by atomic mass is 79.9. The maximum Gasteiger partial charge on any atom is 0.415 e. The fourth-order valence-corrected chi connectivity index (χ4v) is 4.35. The molecule has 0 atom stereocenters. The highest BCUT2D eigenvalue weighted by Crippen LogP contribution is 2.38.